The van der Waals surface area contributed by atoms with Gasteiger partial charge in [0.05, 0.1) is 18.9 Å². The minimum atomic E-state index is -0.159. The summed E-state index contributed by atoms with van der Waals surface area (Å²) in [6.07, 6.45) is 0. The highest BCUT2D eigenvalue weighted by Gasteiger charge is 2.15. The lowest BCUT2D eigenvalue weighted by atomic mass is 10.1. The van der Waals surface area contributed by atoms with Crippen molar-refractivity contribution in [3.8, 4) is 0 Å². The average Bonchev–Trinajstić information content (AvgIpc) is 2.58. The third-order valence-electron chi connectivity index (χ3n) is 3.86. The number of morpholine rings is 1. The van der Waals surface area contributed by atoms with Gasteiger partial charge in [-0.15, -0.1) is 0 Å². The Morgan fingerprint density at radius 2 is 1.68 bits per heavy atom. The number of nitrogens with one attached hydrogen (secondary N) is 1. The van der Waals surface area contributed by atoms with E-state index in [9.17, 15) is 4.39 Å². The van der Waals surface area contributed by atoms with E-state index in [4.69, 9.17) is 4.74 Å². The summed E-state index contributed by atoms with van der Waals surface area (Å²) < 4.78 is 19.4. The molecule has 0 unspecified atom stereocenters. The summed E-state index contributed by atoms with van der Waals surface area (Å²) in [5, 5.41) is 3.40. The first-order valence-electron chi connectivity index (χ1n) is 7.69. The molecular formula is C18H21FN2O. The molecule has 22 heavy (non-hydrogen) atoms. The summed E-state index contributed by atoms with van der Waals surface area (Å²) >= 11 is 0. The molecule has 4 heteroatoms. The van der Waals surface area contributed by atoms with E-state index in [1.807, 2.05) is 30.3 Å². The highest BCUT2D eigenvalue weighted by Crippen LogP contribution is 2.22. The third-order valence-corrected chi connectivity index (χ3v) is 3.86. The third kappa shape index (κ3) is 3.84. The van der Waals surface area contributed by atoms with Crippen molar-refractivity contribution >= 4 is 5.69 Å². The predicted octanol–water partition coefficient (Wildman–Crippen LogP) is 2.95. The predicted molar refractivity (Wildman–Crippen MR) is 86.4 cm³/mol. The van der Waals surface area contributed by atoms with Gasteiger partial charge in [0.1, 0.15) is 5.82 Å². The Balaban J connectivity index is 1.61. The Labute approximate surface area is 130 Å². The number of hydrogen-bond donors (Lipinski definition) is 1. The largest absolute Gasteiger partial charge is 0.378 e. The van der Waals surface area contributed by atoms with Gasteiger partial charge in [0.25, 0.3) is 0 Å². The van der Waals surface area contributed by atoms with Crippen LogP contribution < -0.4 is 10.2 Å². The van der Waals surface area contributed by atoms with E-state index in [0.717, 1.165) is 31.7 Å². The topological polar surface area (TPSA) is 24.5 Å². The van der Waals surface area contributed by atoms with Crippen molar-refractivity contribution in [1.29, 1.82) is 0 Å². The zero-order valence-electron chi connectivity index (χ0n) is 12.6. The van der Waals surface area contributed by atoms with E-state index in [2.05, 4.69) is 22.3 Å². The van der Waals surface area contributed by atoms with Crippen molar-refractivity contribution < 1.29 is 9.13 Å². The maximum Gasteiger partial charge on any atom is 0.146 e. The molecule has 1 N–H and O–H groups in total. The standard InChI is InChI=1S/C18H21FN2O/c19-17-7-6-16(12-18(17)21-8-10-22-11-9-21)14-20-13-15-4-2-1-3-5-15/h1-7,12,20H,8-11,13-14H2. The van der Waals surface area contributed by atoms with Crippen LogP contribution in [0.3, 0.4) is 0 Å². The van der Waals surface area contributed by atoms with Crippen LogP contribution in [0.25, 0.3) is 0 Å². The number of ether oxygens (including phenoxy) is 1. The van der Waals surface area contributed by atoms with Gasteiger partial charge < -0.3 is 15.0 Å². The zero-order valence-corrected chi connectivity index (χ0v) is 12.6. The molecule has 0 amide bonds. The molecule has 1 heterocycles. The minimum absolute atomic E-state index is 0.159. The fraction of sp³-hybridized carbons (Fsp3) is 0.333. The summed E-state index contributed by atoms with van der Waals surface area (Å²) in [7, 11) is 0. The molecule has 0 aromatic heterocycles. The van der Waals surface area contributed by atoms with Crippen LogP contribution in [-0.2, 0) is 17.8 Å². The van der Waals surface area contributed by atoms with E-state index >= 15 is 0 Å². The average molecular weight is 300 g/mol. The van der Waals surface area contributed by atoms with Gasteiger partial charge in [-0.3, -0.25) is 0 Å². The number of halogens is 1. The molecule has 0 atom stereocenters. The smallest absolute Gasteiger partial charge is 0.146 e. The molecule has 2 aromatic rings. The first kappa shape index (κ1) is 15.0. The number of nitrogens with zero attached hydrogens (tertiary/aromatic N) is 1. The van der Waals surface area contributed by atoms with Gasteiger partial charge in [0.2, 0.25) is 0 Å². The van der Waals surface area contributed by atoms with Gasteiger partial charge in [-0.25, -0.2) is 4.39 Å². The Morgan fingerprint density at radius 3 is 2.45 bits per heavy atom. The van der Waals surface area contributed by atoms with Crippen LogP contribution in [0.15, 0.2) is 48.5 Å². The number of benzene rings is 2. The lowest BCUT2D eigenvalue weighted by molar-refractivity contribution is 0.122. The van der Waals surface area contributed by atoms with Gasteiger partial charge in [0.15, 0.2) is 0 Å². The lowest BCUT2D eigenvalue weighted by Gasteiger charge is -2.29. The van der Waals surface area contributed by atoms with E-state index < -0.39 is 0 Å². The fourth-order valence-electron chi connectivity index (χ4n) is 2.66. The van der Waals surface area contributed by atoms with Gasteiger partial charge in [-0.2, -0.15) is 0 Å². The Hall–Kier alpha value is -1.91. The lowest BCUT2D eigenvalue weighted by Crippen LogP contribution is -2.36. The van der Waals surface area contributed by atoms with Crippen LogP contribution in [0.4, 0.5) is 10.1 Å². The summed E-state index contributed by atoms with van der Waals surface area (Å²) in [4.78, 5) is 2.06. The van der Waals surface area contributed by atoms with E-state index in [-0.39, 0.29) is 5.82 Å². The molecule has 0 bridgehead atoms. The molecule has 2 aromatic carbocycles. The second kappa shape index (κ2) is 7.38. The molecule has 0 spiro atoms. The first-order valence-corrected chi connectivity index (χ1v) is 7.69. The van der Waals surface area contributed by atoms with Crippen LogP contribution in [0, 0.1) is 5.82 Å². The van der Waals surface area contributed by atoms with Crippen molar-refractivity contribution in [2.75, 3.05) is 31.2 Å². The second-order valence-electron chi connectivity index (χ2n) is 5.47. The van der Waals surface area contributed by atoms with Gasteiger partial charge in [-0.1, -0.05) is 36.4 Å². The number of anilines is 1. The fourth-order valence-corrected chi connectivity index (χ4v) is 2.66. The number of rotatable bonds is 5. The van der Waals surface area contributed by atoms with Gasteiger partial charge >= 0.3 is 0 Å². The molecule has 1 saturated heterocycles. The first-order chi connectivity index (χ1) is 10.8. The monoisotopic (exact) mass is 300 g/mol. The normalized spacial score (nSPS) is 15.0. The van der Waals surface area contributed by atoms with Crippen molar-refractivity contribution in [3.63, 3.8) is 0 Å². The molecule has 0 radical (unpaired) electrons. The van der Waals surface area contributed by atoms with Crippen LogP contribution >= 0.6 is 0 Å². The quantitative estimate of drug-likeness (QED) is 0.919. The molecule has 0 saturated carbocycles. The maximum atomic E-state index is 14.0. The van der Waals surface area contributed by atoms with Crippen molar-refractivity contribution in [2.24, 2.45) is 0 Å². The van der Waals surface area contributed by atoms with Crippen LogP contribution in [0.5, 0.6) is 0 Å². The summed E-state index contributed by atoms with van der Waals surface area (Å²) in [6.45, 7) is 4.36. The van der Waals surface area contributed by atoms with Crippen molar-refractivity contribution in [2.45, 2.75) is 13.1 Å². The van der Waals surface area contributed by atoms with E-state index in [1.165, 1.54) is 5.56 Å². The summed E-state index contributed by atoms with van der Waals surface area (Å²) in [5.41, 5.74) is 3.03. The molecule has 116 valence electrons. The highest BCUT2D eigenvalue weighted by atomic mass is 19.1. The van der Waals surface area contributed by atoms with E-state index in [0.29, 0.717) is 18.9 Å². The highest BCUT2D eigenvalue weighted by molar-refractivity contribution is 5.50. The van der Waals surface area contributed by atoms with Crippen LogP contribution in [0.1, 0.15) is 11.1 Å². The summed E-state index contributed by atoms with van der Waals surface area (Å²) in [6, 6.07) is 15.6. The molecule has 3 rings (SSSR count). The SMILES string of the molecule is Fc1ccc(CNCc2ccccc2)cc1N1CCOCC1. The Morgan fingerprint density at radius 1 is 0.955 bits per heavy atom. The number of hydrogen-bond acceptors (Lipinski definition) is 3. The zero-order chi connectivity index (χ0) is 15.2. The van der Waals surface area contributed by atoms with Crippen molar-refractivity contribution in [3.05, 3.63) is 65.5 Å². The van der Waals surface area contributed by atoms with Crippen LogP contribution in [-0.4, -0.2) is 26.3 Å². The van der Waals surface area contributed by atoms with E-state index in [1.54, 1.807) is 6.07 Å². The van der Waals surface area contributed by atoms with Crippen LogP contribution in [0.2, 0.25) is 0 Å². The second-order valence-corrected chi connectivity index (χ2v) is 5.47. The summed E-state index contributed by atoms with van der Waals surface area (Å²) in [5.74, 6) is -0.159. The van der Waals surface area contributed by atoms with Gasteiger partial charge in [0, 0.05) is 26.2 Å². The molecule has 1 aliphatic rings. The van der Waals surface area contributed by atoms with Crippen molar-refractivity contribution in [1.82, 2.24) is 5.32 Å². The molecule has 1 aliphatic heterocycles. The van der Waals surface area contributed by atoms with Gasteiger partial charge in [-0.05, 0) is 23.3 Å². The Bertz CT molecular complexity index is 597. The molecule has 3 nitrogen and oxygen atoms in total. The molecule has 0 aliphatic carbocycles. The maximum absolute atomic E-state index is 14.0. The minimum Gasteiger partial charge on any atom is -0.378 e. The molecular weight excluding hydrogens is 279 g/mol. The molecule has 1 fully saturated rings. The Kier molecular flexibility index (Phi) is 5.03.